The van der Waals surface area contributed by atoms with Gasteiger partial charge in [-0.2, -0.15) is 13.5 Å². The van der Waals surface area contributed by atoms with Gasteiger partial charge in [0.1, 0.15) is 11.6 Å². The molecule has 30 heavy (non-hydrogen) atoms. The second kappa shape index (κ2) is 9.06. The van der Waals surface area contributed by atoms with Crippen LogP contribution in [0.5, 0.6) is 5.75 Å². The quantitative estimate of drug-likeness (QED) is 0.352. The standard InChI is InChI=1S/C21H16ClFN2O4S/c1-30(27,28)29-19-11-7-15(8-12-19)20(14-5-9-17(22)10-6-14)24-25-21(26)16-3-2-4-18(23)13-16/h2-13H,1H3,(H,25,26). The maximum Gasteiger partial charge on any atom is 0.306 e. The van der Waals surface area contributed by atoms with Crippen molar-refractivity contribution in [2.24, 2.45) is 5.10 Å². The third-order valence-electron chi connectivity index (χ3n) is 3.85. The number of carbonyl (C=O) groups is 1. The molecule has 0 aliphatic carbocycles. The van der Waals surface area contributed by atoms with E-state index in [1.165, 1.54) is 30.3 Å². The Hall–Kier alpha value is -3.23. The molecule has 1 amide bonds. The predicted molar refractivity (Wildman–Crippen MR) is 113 cm³/mol. The fraction of sp³-hybridized carbons (Fsp3) is 0.0476. The SMILES string of the molecule is CS(=O)(=O)Oc1ccc(C(=NNC(=O)c2cccc(F)c2)c2ccc(Cl)cc2)cc1. The average molecular weight is 447 g/mol. The van der Waals surface area contributed by atoms with Crippen molar-refractivity contribution in [1.82, 2.24) is 5.43 Å². The zero-order valence-corrected chi connectivity index (χ0v) is 17.2. The smallest absolute Gasteiger partial charge is 0.306 e. The van der Waals surface area contributed by atoms with Gasteiger partial charge in [0.05, 0.1) is 12.0 Å². The van der Waals surface area contributed by atoms with Crippen LogP contribution in [0.1, 0.15) is 21.5 Å². The van der Waals surface area contributed by atoms with Crippen molar-refractivity contribution in [3.05, 3.63) is 100 Å². The van der Waals surface area contributed by atoms with Gasteiger partial charge in [0.2, 0.25) is 0 Å². The van der Waals surface area contributed by atoms with Crippen LogP contribution in [0.2, 0.25) is 5.02 Å². The van der Waals surface area contributed by atoms with E-state index in [1.807, 2.05) is 0 Å². The summed E-state index contributed by atoms with van der Waals surface area (Å²) in [7, 11) is -3.66. The molecule has 3 rings (SSSR count). The zero-order valence-electron chi connectivity index (χ0n) is 15.7. The molecule has 0 atom stereocenters. The second-order valence-electron chi connectivity index (χ2n) is 6.23. The number of halogens is 2. The topological polar surface area (TPSA) is 84.8 Å². The van der Waals surface area contributed by atoms with Crippen LogP contribution in [-0.4, -0.2) is 26.3 Å². The second-order valence-corrected chi connectivity index (χ2v) is 8.24. The Morgan fingerprint density at radius 2 is 1.57 bits per heavy atom. The maximum absolute atomic E-state index is 13.4. The number of amides is 1. The van der Waals surface area contributed by atoms with Gasteiger partial charge in [-0.15, -0.1) is 0 Å². The van der Waals surface area contributed by atoms with Crippen molar-refractivity contribution in [2.75, 3.05) is 6.26 Å². The van der Waals surface area contributed by atoms with Crippen LogP contribution in [0.4, 0.5) is 4.39 Å². The first-order valence-corrected chi connectivity index (χ1v) is 10.8. The molecule has 9 heteroatoms. The zero-order chi connectivity index (χ0) is 21.7. The van der Waals surface area contributed by atoms with Crippen LogP contribution in [-0.2, 0) is 10.1 Å². The van der Waals surface area contributed by atoms with Crippen LogP contribution < -0.4 is 9.61 Å². The van der Waals surface area contributed by atoms with E-state index in [-0.39, 0.29) is 11.3 Å². The highest BCUT2D eigenvalue weighted by atomic mass is 35.5. The van der Waals surface area contributed by atoms with E-state index >= 15 is 0 Å². The molecule has 0 aromatic heterocycles. The molecule has 3 aromatic rings. The molecule has 0 saturated carbocycles. The summed E-state index contributed by atoms with van der Waals surface area (Å²) in [6.07, 6.45) is 0.948. The summed E-state index contributed by atoms with van der Waals surface area (Å²) in [4.78, 5) is 12.3. The summed E-state index contributed by atoms with van der Waals surface area (Å²) in [5.74, 6) is -0.982. The van der Waals surface area contributed by atoms with Gasteiger partial charge >= 0.3 is 10.1 Å². The van der Waals surface area contributed by atoms with Gasteiger partial charge < -0.3 is 4.18 Å². The van der Waals surface area contributed by atoms with E-state index in [0.717, 1.165) is 12.3 Å². The molecule has 0 radical (unpaired) electrons. The van der Waals surface area contributed by atoms with Crippen LogP contribution in [0.3, 0.4) is 0 Å². The van der Waals surface area contributed by atoms with Gasteiger partial charge in [-0.05, 0) is 54.6 Å². The lowest BCUT2D eigenvalue weighted by atomic mass is 10.0. The Morgan fingerprint density at radius 1 is 0.967 bits per heavy atom. The number of carbonyl (C=O) groups excluding carboxylic acids is 1. The van der Waals surface area contributed by atoms with Crippen molar-refractivity contribution < 1.29 is 21.8 Å². The molecule has 0 bridgehead atoms. The Kier molecular flexibility index (Phi) is 6.49. The van der Waals surface area contributed by atoms with E-state index < -0.39 is 21.8 Å². The molecule has 3 aromatic carbocycles. The van der Waals surface area contributed by atoms with Gasteiger partial charge in [0.15, 0.2) is 0 Å². The largest absolute Gasteiger partial charge is 0.383 e. The first-order valence-electron chi connectivity index (χ1n) is 8.61. The summed E-state index contributed by atoms with van der Waals surface area (Å²) < 4.78 is 40.8. The highest BCUT2D eigenvalue weighted by molar-refractivity contribution is 7.86. The van der Waals surface area contributed by atoms with Crippen LogP contribution in [0, 0.1) is 5.82 Å². The van der Waals surface area contributed by atoms with E-state index in [9.17, 15) is 17.6 Å². The molecular weight excluding hydrogens is 431 g/mol. The van der Waals surface area contributed by atoms with Gasteiger partial charge in [-0.3, -0.25) is 4.79 Å². The van der Waals surface area contributed by atoms with Gasteiger partial charge in [-0.1, -0.05) is 29.8 Å². The maximum atomic E-state index is 13.4. The number of hydrogen-bond donors (Lipinski definition) is 1. The monoisotopic (exact) mass is 446 g/mol. The van der Waals surface area contributed by atoms with Gasteiger partial charge in [0, 0.05) is 21.7 Å². The molecule has 0 spiro atoms. The Balaban J connectivity index is 1.93. The Bertz CT molecular complexity index is 1190. The highest BCUT2D eigenvalue weighted by Crippen LogP contribution is 2.19. The summed E-state index contributed by atoms with van der Waals surface area (Å²) in [5.41, 5.74) is 4.15. The van der Waals surface area contributed by atoms with Crippen molar-refractivity contribution in [1.29, 1.82) is 0 Å². The number of benzene rings is 3. The molecule has 0 saturated heterocycles. The lowest BCUT2D eigenvalue weighted by Crippen LogP contribution is -2.20. The fourth-order valence-electron chi connectivity index (χ4n) is 2.55. The summed E-state index contributed by atoms with van der Waals surface area (Å²) >= 11 is 5.95. The molecule has 0 fully saturated rings. The third-order valence-corrected chi connectivity index (χ3v) is 4.60. The van der Waals surface area contributed by atoms with E-state index in [2.05, 4.69) is 10.5 Å². The molecule has 0 unspecified atom stereocenters. The van der Waals surface area contributed by atoms with Crippen molar-refractivity contribution >= 4 is 33.3 Å². The average Bonchev–Trinajstić information content (AvgIpc) is 2.69. The minimum atomic E-state index is -3.66. The van der Waals surface area contributed by atoms with Crippen LogP contribution >= 0.6 is 11.6 Å². The van der Waals surface area contributed by atoms with Crippen molar-refractivity contribution in [3.8, 4) is 5.75 Å². The highest BCUT2D eigenvalue weighted by Gasteiger charge is 2.12. The number of hydrogen-bond acceptors (Lipinski definition) is 5. The first kappa shape index (κ1) is 21.5. The normalized spacial score (nSPS) is 11.8. The summed E-state index contributed by atoms with van der Waals surface area (Å²) in [6.45, 7) is 0. The lowest BCUT2D eigenvalue weighted by molar-refractivity contribution is 0.0954. The minimum absolute atomic E-state index is 0.117. The van der Waals surface area contributed by atoms with E-state index in [4.69, 9.17) is 15.8 Å². The molecular formula is C21H16ClFN2O4S. The third kappa shape index (κ3) is 5.88. The fourth-order valence-corrected chi connectivity index (χ4v) is 3.13. The molecule has 0 heterocycles. The molecule has 0 aliphatic heterocycles. The number of nitrogens with zero attached hydrogens (tertiary/aromatic N) is 1. The minimum Gasteiger partial charge on any atom is -0.383 e. The molecule has 0 aliphatic rings. The number of rotatable bonds is 6. The molecule has 6 nitrogen and oxygen atoms in total. The number of nitrogens with one attached hydrogen (secondary N) is 1. The van der Waals surface area contributed by atoms with Gasteiger partial charge in [0.25, 0.3) is 5.91 Å². The summed E-state index contributed by atoms with van der Waals surface area (Å²) in [6, 6.07) is 18.1. The predicted octanol–water partition coefficient (Wildman–Crippen LogP) is 4.00. The Labute approximate surface area is 178 Å². The van der Waals surface area contributed by atoms with Gasteiger partial charge in [-0.25, -0.2) is 9.82 Å². The van der Waals surface area contributed by atoms with Crippen LogP contribution in [0.25, 0.3) is 0 Å². The van der Waals surface area contributed by atoms with E-state index in [0.29, 0.717) is 21.9 Å². The first-order chi connectivity index (χ1) is 14.2. The lowest BCUT2D eigenvalue weighted by Gasteiger charge is -2.10. The van der Waals surface area contributed by atoms with Crippen molar-refractivity contribution in [3.63, 3.8) is 0 Å². The molecule has 1 N–H and O–H groups in total. The van der Waals surface area contributed by atoms with Crippen molar-refractivity contribution in [2.45, 2.75) is 0 Å². The Morgan fingerprint density at radius 3 is 2.13 bits per heavy atom. The molecule has 154 valence electrons. The van der Waals surface area contributed by atoms with E-state index in [1.54, 1.807) is 36.4 Å². The summed E-state index contributed by atoms with van der Waals surface area (Å²) in [5, 5.41) is 4.72. The number of hydrazone groups is 1. The van der Waals surface area contributed by atoms with Crippen LogP contribution in [0.15, 0.2) is 77.9 Å².